The molecule has 0 radical (unpaired) electrons. The van der Waals surface area contributed by atoms with Gasteiger partial charge in [-0.25, -0.2) is 0 Å². The third-order valence-electron chi connectivity index (χ3n) is 3.49. The molecule has 13 heavy (non-hydrogen) atoms. The van der Waals surface area contributed by atoms with Crippen LogP contribution >= 0.6 is 0 Å². The minimum atomic E-state index is 0. The molecule has 1 rings (SSSR count). The molecule has 0 aliphatic heterocycles. The van der Waals surface area contributed by atoms with Gasteiger partial charge in [0.2, 0.25) is 0 Å². The predicted octanol–water partition coefficient (Wildman–Crippen LogP) is 4.66. The molecule has 1 aliphatic rings. The van der Waals surface area contributed by atoms with Crippen molar-refractivity contribution >= 4 is 0 Å². The maximum Gasteiger partial charge on any atom is -0.0351 e. The van der Waals surface area contributed by atoms with Crippen molar-refractivity contribution in [3.05, 3.63) is 12.7 Å². The van der Waals surface area contributed by atoms with Gasteiger partial charge in [0.1, 0.15) is 0 Å². The molecule has 0 aromatic carbocycles. The van der Waals surface area contributed by atoms with Gasteiger partial charge in [0, 0.05) is 0 Å². The Balaban J connectivity index is 0.00000144. The highest BCUT2D eigenvalue weighted by Gasteiger charge is 2.23. The van der Waals surface area contributed by atoms with Crippen LogP contribution in [0.2, 0.25) is 0 Å². The first-order valence-electron chi connectivity index (χ1n) is 5.35. The Morgan fingerprint density at radius 1 is 1.23 bits per heavy atom. The van der Waals surface area contributed by atoms with Gasteiger partial charge in [-0.2, -0.15) is 0 Å². The third kappa shape index (κ3) is 3.97. The molecule has 0 amide bonds. The molecule has 0 aromatic rings. The molecule has 0 saturated heterocycles. The van der Waals surface area contributed by atoms with E-state index in [1.54, 1.807) is 0 Å². The molecule has 0 nitrogen and oxygen atoms in total. The summed E-state index contributed by atoms with van der Waals surface area (Å²) in [6.07, 6.45) is 9.01. The molecule has 0 spiro atoms. The van der Waals surface area contributed by atoms with E-state index in [2.05, 4.69) is 26.5 Å². The van der Waals surface area contributed by atoms with Crippen molar-refractivity contribution < 1.29 is 0 Å². The zero-order valence-electron chi connectivity index (χ0n) is 8.55. The Morgan fingerprint density at radius 2 is 1.92 bits per heavy atom. The van der Waals surface area contributed by atoms with Gasteiger partial charge in [-0.3, -0.25) is 0 Å². The van der Waals surface area contributed by atoms with Crippen molar-refractivity contribution in [2.24, 2.45) is 17.8 Å². The normalized spacial score (nSPS) is 33.5. The standard InChI is InChI=1S/C12H22.CH4/c1-4-5-6-12-8-7-10(2)11(3)9-12;/h4,10-12H,1,5-9H2,2-3H3;1H4. The summed E-state index contributed by atoms with van der Waals surface area (Å²) in [6, 6.07) is 0. The minimum absolute atomic E-state index is 0. The van der Waals surface area contributed by atoms with E-state index in [9.17, 15) is 0 Å². The number of rotatable bonds is 3. The molecule has 0 aromatic heterocycles. The van der Waals surface area contributed by atoms with E-state index in [1.807, 2.05) is 0 Å². The Hall–Kier alpha value is -0.260. The molecule has 3 unspecified atom stereocenters. The highest BCUT2D eigenvalue weighted by Crippen LogP contribution is 2.35. The number of hydrogen-bond acceptors (Lipinski definition) is 0. The molecule has 1 saturated carbocycles. The lowest BCUT2D eigenvalue weighted by Gasteiger charge is -2.31. The fourth-order valence-electron chi connectivity index (χ4n) is 2.27. The fraction of sp³-hybridized carbons (Fsp3) is 0.846. The van der Waals surface area contributed by atoms with E-state index in [1.165, 1.54) is 32.1 Å². The van der Waals surface area contributed by atoms with Crippen LogP contribution in [0.4, 0.5) is 0 Å². The summed E-state index contributed by atoms with van der Waals surface area (Å²) >= 11 is 0. The first kappa shape index (κ1) is 12.7. The van der Waals surface area contributed by atoms with Crippen LogP contribution < -0.4 is 0 Å². The number of hydrogen-bond donors (Lipinski definition) is 0. The molecule has 1 fully saturated rings. The van der Waals surface area contributed by atoms with Gasteiger partial charge in [-0.05, 0) is 37.0 Å². The summed E-state index contributed by atoms with van der Waals surface area (Å²) in [4.78, 5) is 0. The van der Waals surface area contributed by atoms with Crippen molar-refractivity contribution in [2.75, 3.05) is 0 Å². The van der Waals surface area contributed by atoms with E-state index in [0.717, 1.165) is 17.8 Å². The molecule has 78 valence electrons. The van der Waals surface area contributed by atoms with E-state index in [4.69, 9.17) is 0 Å². The zero-order chi connectivity index (χ0) is 8.97. The Bertz CT molecular complexity index is 137. The van der Waals surface area contributed by atoms with Gasteiger partial charge in [0.05, 0.1) is 0 Å². The smallest absolute Gasteiger partial charge is 0.0351 e. The van der Waals surface area contributed by atoms with Crippen LogP contribution in [0.15, 0.2) is 12.7 Å². The van der Waals surface area contributed by atoms with Crippen LogP contribution in [0.25, 0.3) is 0 Å². The maximum atomic E-state index is 3.78. The van der Waals surface area contributed by atoms with Crippen LogP contribution in [-0.4, -0.2) is 0 Å². The molecule has 0 heteroatoms. The molecule has 0 heterocycles. The van der Waals surface area contributed by atoms with Crippen LogP contribution in [0.1, 0.15) is 53.4 Å². The predicted molar refractivity (Wildman–Crippen MR) is 61.8 cm³/mol. The first-order chi connectivity index (χ1) is 5.74. The minimum Gasteiger partial charge on any atom is -0.103 e. The topological polar surface area (TPSA) is 0 Å². The Morgan fingerprint density at radius 3 is 2.46 bits per heavy atom. The van der Waals surface area contributed by atoms with Crippen molar-refractivity contribution in [2.45, 2.75) is 53.4 Å². The SMILES string of the molecule is C.C=CCCC1CCC(C)C(C)C1. The largest absolute Gasteiger partial charge is 0.103 e. The summed E-state index contributed by atoms with van der Waals surface area (Å²) in [7, 11) is 0. The lowest BCUT2D eigenvalue weighted by molar-refractivity contribution is 0.201. The lowest BCUT2D eigenvalue weighted by atomic mass is 9.74. The highest BCUT2D eigenvalue weighted by atomic mass is 14.3. The second kappa shape index (κ2) is 6.23. The van der Waals surface area contributed by atoms with Gasteiger partial charge >= 0.3 is 0 Å². The van der Waals surface area contributed by atoms with Gasteiger partial charge in [0.15, 0.2) is 0 Å². The second-order valence-corrected chi connectivity index (χ2v) is 4.50. The van der Waals surface area contributed by atoms with Gasteiger partial charge in [0.25, 0.3) is 0 Å². The van der Waals surface area contributed by atoms with Crippen molar-refractivity contribution in [1.82, 2.24) is 0 Å². The van der Waals surface area contributed by atoms with Gasteiger partial charge in [-0.1, -0.05) is 40.2 Å². The van der Waals surface area contributed by atoms with Crippen molar-refractivity contribution in [1.29, 1.82) is 0 Å². The monoisotopic (exact) mass is 182 g/mol. The van der Waals surface area contributed by atoms with E-state index in [0.29, 0.717) is 0 Å². The Kier molecular flexibility index (Phi) is 6.11. The van der Waals surface area contributed by atoms with E-state index < -0.39 is 0 Å². The summed E-state index contributed by atoms with van der Waals surface area (Å²) in [5.41, 5.74) is 0. The molecule has 0 bridgehead atoms. The first-order valence-corrected chi connectivity index (χ1v) is 5.35. The van der Waals surface area contributed by atoms with Gasteiger partial charge < -0.3 is 0 Å². The Labute approximate surface area is 84.4 Å². The lowest BCUT2D eigenvalue weighted by Crippen LogP contribution is -2.20. The molecule has 3 atom stereocenters. The maximum absolute atomic E-state index is 3.78. The average molecular weight is 182 g/mol. The second-order valence-electron chi connectivity index (χ2n) is 4.50. The fourth-order valence-corrected chi connectivity index (χ4v) is 2.27. The summed E-state index contributed by atoms with van der Waals surface area (Å²) in [5, 5.41) is 0. The highest BCUT2D eigenvalue weighted by molar-refractivity contribution is 4.77. The zero-order valence-corrected chi connectivity index (χ0v) is 8.55. The van der Waals surface area contributed by atoms with Crippen molar-refractivity contribution in [3.63, 3.8) is 0 Å². The molecular formula is C13H26. The van der Waals surface area contributed by atoms with Crippen LogP contribution in [0.5, 0.6) is 0 Å². The van der Waals surface area contributed by atoms with E-state index >= 15 is 0 Å². The van der Waals surface area contributed by atoms with Crippen LogP contribution in [-0.2, 0) is 0 Å². The number of allylic oxidation sites excluding steroid dienone is 1. The van der Waals surface area contributed by atoms with E-state index in [-0.39, 0.29) is 7.43 Å². The molecule has 0 N–H and O–H groups in total. The quantitative estimate of drug-likeness (QED) is 0.557. The van der Waals surface area contributed by atoms with Crippen molar-refractivity contribution in [3.8, 4) is 0 Å². The molecule has 1 aliphatic carbocycles. The summed E-state index contributed by atoms with van der Waals surface area (Å²) < 4.78 is 0. The van der Waals surface area contributed by atoms with Gasteiger partial charge in [-0.15, -0.1) is 6.58 Å². The molecular weight excluding hydrogens is 156 g/mol. The third-order valence-corrected chi connectivity index (χ3v) is 3.49. The van der Waals surface area contributed by atoms with Crippen LogP contribution in [0, 0.1) is 17.8 Å². The summed E-state index contributed by atoms with van der Waals surface area (Å²) in [5.74, 6) is 2.91. The summed E-state index contributed by atoms with van der Waals surface area (Å²) in [6.45, 7) is 8.58. The van der Waals surface area contributed by atoms with Crippen LogP contribution in [0.3, 0.4) is 0 Å². The average Bonchev–Trinajstić information content (AvgIpc) is 2.07.